The highest BCUT2D eigenvalue weighted by molar-refractivity contribution is 14.1. The Kier molecular flexibility index (Phi) is 6.35. The maximum atomic E-state index is 14.0. The summed E-state index contributed by atoms with van der Waals surface area (Å²) in [5, 5.41) is 0. The van der Waals surface area contributed by atoms with Crippen molar-refractivity contribution in [1.29, 1.82) is 0 Å². The molecule has 0 radical (unpaired) electrons. The van der Waals surface area contributed by atoms with Crippen molar-refractivity contribution in [2.24, 2.45) is 0 Å². The van der Waals surface area contributed by atoms with E-state index in [2.05, 4.69) is 22.6 Å². The van der Waals surface area contributed by atoms with Crippen LogP contribution in [0.2, 0.25) is 0 Å². The van der Waals surface area contributed by atoms with Gasteiger partial charge in [0.05, 0.1) is 12.7 Å². The number of fused-ring (bicyclic) bond motifs is 1. The number of nitrogens with zero attached hydrogens (tertiary/aromatic N) is 1. The van der Waals surface area contributed by atoms with E-state index >= 15 is 0 Å². The standard InChI is InChI=1S/C19H17FINO6/c1-25-10-28-15-5-3-11(20)7-13(15)17(19(24)26-2)22-9-27-16-6-4-12(21)8-14(16)18(22)23/h3-8,17H,9-10H2,1-2H3. The predicted molar refractivity (Wildman–Crippen MR) is 104 cm³/mol. The number of hydrogen-bond donors (Lipinski definition) is 0. The van der Waals surface area contributed by atoms with Gasteiger partial charge in [-0.2, -0.15) is 0 Å². The fourth-order valence-electron chi connectivity index (χ4n) is 2.86. The molecular formula is C19H17FINO6. The largest absolute Gasteiger partial charge is 0.472 e. The number of ether oxygens (including phenoxy) is 4. The quantitative estimate of drug-likeness (QED) is 0.344. The van der Waals surface area contributed by atoms with Gasteiger partial charge in [-0.15, -0.1) is 0 Å². The Balaban J connectivity index is 2.06. The van der Waals surface area contributed by atoms with Gasteiger partial charge in [0.2, 0.25) is 0 Å². The molecule has 0 aromatic heterocycles. The van der Waals surface area contributed by atoms with Gasteiger partial charge in [0.15, 0.2) is 19.6 Å². The number of methoxy groups -OCH3 is 2. The van der Waals surface area contributed by atoms with Gasteiger partial charge in [0.1, 0.15) is 17.3 Å². The second-order valence-electron chi connectivity index (χ2n) is 5.85. The van der Waals surface area contributed by atoms with Crippen LogP contribution in [0.1, 0.15) is 22.0 Å². The van der Waals surface area contributed by atoms with E-state index in [1.54, 1.807) is 12.1 Å². The Bertz CT molecular complexity index is 906. The first-order valence-corrected chi connectivity index (χ1v) is 9.26. The highest BCUT2D eigenvalue weighted by Crippen LogP contribution is 2.36. The number of rotatable bonds is 6. The summed E-state index contributed by atoms with van der Waals surface area (Å²) in [4.78, 5) is 26.9. The van der Waals surface area contributed by atoms with Gasteiger partial charge in [-0.05, 0) is 59.0 Å². The molecule has 148 valence electrons. The van der Waals surface area contributed by atoms with Crippen LogP contribution in [0, 0.1) is 9.39 Å². The number of carbonyl (C=O) groups excluding carboxylic acids is 2. The maximum absolute atomic E-state index is 14.0. The highest BCUT2D eigenvalue weighted by atomic mass is 127. The summed E-state index contributed by atoms with van der Waals surface area (Å²) in [5.74, 6) is -1.16. The molecule has 1 heterocycles. The van der Waals surface area contributed by atoms with Crippen LogP contribution in [0.3, 0.4) is 0 Å². The van der Waals surface area contributed by atoms with Crippen molar-refractivity contribution < 1.29 is 32.9 Å². The van der Waals surface area contributed by atoms with Gasteiger partial charge in [-0.25, -0.2) is 9.18 Å². The SMILES string of the molecule is COCOc1ccc(F)cc1C(C(=O)OC)N1COc2ccc(I)cc2C1=O. The Morgan fingerprint density at radius 2 is 2.07 bits per heavy atom. The highest BCUT2D eigenvalue weighted by Gasteiger charge is 2.39. The molecule has 0 bridgehead atoms. The summed E-state index contributed by atoms with van der Waals surface area (Å²) < 4.78 is 35.7. The fourth-order valence-corrected chi connectivity index (χ4v) is 3.35. The third kappa shape index (κ3) is 4.04. The number of hydrogen-bond acceptors (Lipinski definition) is 6. The van der Waals surface area contributed by atoms with Crippen LogP contribution in [0.4, 0.5) is 4.39 Å². The van der Waals surface area contributed by atoms with Crippen LogP contribution in [0.15, 0.2) is 36.4 Å². The first kappa shape index (κ1) is 20.3. The zero-order valence-corrected chi connectivity index (χ0v) is 17.3. The second kappa shape index (κ2) is 8.74. The summed E-state index contributed by atoms with van der Waals surface area (Å²) >= 11 is 2.08. The minimum absolute atomic E-state index is 0.113. The van der Waals surface area contributed by atoms with Gasteiger partial charge in [-0.1, -0.05) is 0 Å². The molecule has 2 aromatic carbocycles. The molecule has 3 rings (SSSR count). The first-order valence-electron chi connectivity index (χ1n) is 8.18. The number of esters is 1. The van der Waals surface area contributed by atoms with Crippen molar-refractivity contribution in [1.82, 2.24) is 4.90 Å². The van der Waals surface area contributed by atoms with Crippen molar-refractivity contribution >= 4 is 34.5 Å². The third-order valence-corrected chi connectivity index (χ3v) is 4.80. The number of halogens is 2. The van der Waals surface area contributed by atoms with Crippen molar-refractivity contribution in [2.45, 2.75) is 6.04 Å². The molecule has 7 nitrogen and oxygen atoms in total. The summed E-state index contributed by atoms with van der Waals surface area (Å²) in [7, 11) is 2.62. The summed E-state index contributed by atoms with van der Waals surface area (Å²) in [6, 6.07) is 7.58. The van der Waals surface area contributed by atoms with Crippen molar-refractivity contribution in [2.75, 3.05) is 27.7 Å². The zero-order valence-electron chi connectivity index (χ0n) is 15.1. The Hall–Kier alpha value is -2.40. The summed E-state index contributed by atoms with van der Waals surface area (Å²) in [6.07, 6.45) is 0. The molecule has 1 unspecified atom stereocenters. The topological polar surface area (TPSA) is 74.3 Å². The lowest BCUT2D eigenvalue weighted by atomic mass is 10.0. The van der Waals surface area contributed by atoms with Crippen molar-refractivity contribution in [3.8, 4) is 11.5 Å². The minimum atomic E-state index is -1.26. The lowest BCUT2D eigenvalue weighted by molar-refractivity contribution is -0.147. The number of carbonyl (C=O) groups is 2. The molecule has 0 fully saturated rings. The van der Waals surface area contributed by atoms with E-state index < -0.39 is 23.7 Å². The summed E-state index contributed by atoms with van der Waals surface area (Å²) in [5.41, 5.74) is 0.442. The Morgan fingerprint density at radius 3 is 2.79 bits per heavy atom. The molecule has 2 aromatic rings. The van der Waals surface area contributed by atoms with Crippen LogP contribution >= 0.6 is 22.6 Å². The van der Waals surface area contributed by atoms with Gasteiger partial charge < -0.3 is 18.9 Å². The smallest absolute Gasteiger partial charge is 0.333 e. The molecule has 0 N–H and O–H groups in total. The van der Waals surface area contributed by atoms with E-state index in [4.69, 9.17) is 18.9 Å². The van der Waals surface area contributed by atoms with Crippen molar-refractivity contribution in [3.05, 3.63) is 56.9 Å². The van der Waals surface area contributed by atoms with E-state index in [-0.39, 0.29) is 24.8 Å². The molecular weight excluding hydrogens is 484 g/mol. The normalized spacial score (nSPS) is 14.1. The Labute approximate surface area is 174 Å². The molecule has 9 heteroatoms. The molecule has 1 atom stereocenters. The monoisotopic (exact) mass is 501 g/mol. The molecule has 0 saturated carbocycles. The van der Waals surface area contributed by atoms with E-state index in [1.165, 1.54) is 31.3 Å². The van der Waals surface area contributed by atoms with Gasteiger partial charge in [0, 0.05) is 16.2 Å². The number of benzene rings is 2. The minimum Gasteiger partial charge on any atom is -0.472 e. The van der Waals surface area contributed by atoms with E-state index in [0.717, 1.165) is 9.64 Å². The second-order valence-corrected chi connectivity index (χ2v) is 7.09. The average Bonchev–Trinajstić information content (AvgIpc) is 2.69. The van der Waals surface area contributed by atoms with Crippen LogP contribution in [0.5, 0.6) is 11.5 Å². The average molecular weight is 501 g/mol. The van der Waals surface area contributed by atoms with E-state index in [0.29, 0.717) is 11.3 Å². The molecule has 1 aliphatic rings. The van der Waals surface area contributed by atoms with Crippen LogP contribution in [-0.2, 0) is 14.3 Å². The lowest BCUT2D eigenvalue weighted by Crippen LogP contribution is -2.44. The molecule has 0 saturated heterocycles. The zero-order chi connectivity index (χ0) is 20.3. The molecule has 28 heavy (non-hydrogen) atoms. The fraction of sp³-hybridized carbons (Fsp3) is 0.263. The summed E-state index contributed by atoms with van der Waals surface area (Å²) in [6.45, 7) is -0.315. The molecule has 1 amide bonds. The lowest BCUT2D eigenvalue weighted by Gasteiger charge is -2.34. The molecule has 0 aliphatic carbocycles. The van der Waals surface area contributed by atoms with Gasteiger partial charge >= 0.3 is 5.97 Å². The van der Waals surface area contributed by atoms with Gasteiger partial charge in [0.25, 0.3) is 5.91 Å². The third-order valence-electron chi connectivity index (χ3n) is 4.13. The first-order chi connectivity index (χ1) is 13.5. The Morgan fingerprint density at radius 1 is 1.29 bits per heavy atom. The van der Waals surface area contributed by atoms with Crippen LogP contribution < -0.4 is 9.47 Å². The van der Waals surface area contributed by atoms with Crippen LogP contribution in [-0.4, -0.2) is 44.5 Å². The predicted octanol–water partition coefficient (Wildman–Crippen LogP) is 3.12. The van der Waals surface area contributed by atoms with Crippen LogP contribution in [0.25, 0.3) is 0 Å². The molecule has 1 aliphatic heterocycles. The number of amides is 1. The molecule has 0 spiro atoms. The van der Waals surface area contributed by atoms with E-state index in [9.17, 15) is 14.0 Å². The van der Waals surface area contributed by atoms with Crippen molar-refractivity contribution in [3.63, 3.8) is 0 Å². The van der Waals surface area contributed by atoms with Gasteiger partial charge in [-0.3, -0.25) is 9.69 Å². The van der Waals surface area contributed by atoms with E-state index in [1.807, 2.05) is 6.07 Å². The maximum Gasteiger partial charge on any atom is 0.333 e.